The summed E-state index contributed by atoms with van der Waals surface area (Å²) in [5.74, 6) is 0.581. The molecule has 0 radical (unpaired) electrons. The molecule has 27 heavy (non-hydrogen) atoms. The summed E-state index contributed by atoms with van der Waals surface area (Å²) in [4.78, 5) is 26.5. The SMILES string of the molecule is CNC(=O)CNC(=O)CSc1nnc(-c2c[nH]c3ccccc23)n1C1CC1. The van der Waals surface area contributed by atoms with Gasteiger partial charge in [-0.15, -0.1) is 10.2 Å². The van der Waals surface area contributed by atoms with E-state index in [0.717, 1.165) is 40.3 Å². The number of likely N-dealkylation sites (N-methyl/N-ethyl adjacent to an activating group) is 1. The molecule has 0 atom stereocenters. The number of carbonyl (C=O) groups excluding carboxylic acids is 2. The quantitative estimate of drug-likeness (QED) is 0.538. The van der Waals surface area contributed by atoms with Crippen LogP contribution in [0.4, 0.5) is 0 Å². The summed E-state index contributed by atoms with van der Waals surface area (Å²) in [6, 6.07) is 8.46. The molecule has 1 aromatic carbocycles. The van der Waals surface area contributed by atoms with Crippen LogP contribution in [0.15, 0.2) is 35.6 Å². The molecule has 0 aliphatic heterocycles. The van der Waals surface area contributed by atoms with Crippen molar-refractivity contribution in [3.63, 3.8) is 0 Å². The Morgan fingerprint density at radius 3 is 2.85 bits per heavy atom. The highest BCUT2D eigenvalue weighted by Gasteiger charge is 2.31. The number of amides is 2. The first-order valence-corrected chi connectivity index (χ1v) is 9.77. The molecule has 1 saturated carbocycles. The van der Waals surface area contributed by atoms with Gasteiger partial charge in [0.2, 0.25) is 11.8 Å². The van der Waals surface area contributed by atoms with Crippen molar-refractivity contribution in [2.45, 2.75) is 24.0 Å². The molecule has 9 heteroatoms. The van der Waals surface area contributed by atoms with Gasteiger partial charge in [0, 0.05) is 35.8 Å². The molecule has 1 fully saturated rings. The number of para-hydroxylation sites is 1. The van der Waals surface area contributed by atoms with Crippen LogP contribution in [0.2, 0.25) is 0 Å². The smallest absolute Gasteiger partial charge is 0.239 e. The van der Waals surface area contributed by atoms with Gasteiger partial charge < -0.3 is 15.6 Å². The summed E-state index contributed by atoms with van der Waals surface area (Å²) in [5.41, 5.74) is 2.07. The lowest BCUT2D eigenvalue weighted by Gasteiger charge is -2.08. The number of carbonyl (C=O) groups is 2. The summed E-state index contributed by atoms with van der Waals surface area (Å²) in [6.45, 7) is -0.0220. The highest BCUT2D eigenvalue weighted by Crippen LogP contribution is 2.42. The predicted octanol–water partition coefficient (Wildman–Crippen LogP) is 1.72. The topological polar surface area (TPSA) is 105 Å². The zero-order valence-corrected chi connectivity index (χ0v) is 15.7. The van der Waals surface area contributed by atoms with Gasteiger partial charge in [0.25, 0.3) is 0 Å². The Balaban J connectivity index is 1.53. The van der Waals surface area contributed by atoms with E-state index in [0.29, 0.717) is 6.04 Å². The molecule has 1 aliphatic carbocycles. The van der Waals surface area contributed by atoms with Gasteiger partial charge in [-0.3, -0.25) is 14.2 Å². The Labute approximate surface area is 160 Å². The molecule has 4 rings (SSSR count). The van der Waals surface area contributed by atoms with E-state index in [4.69, 9.17) is 0 Å². The summed E-state index contributed by atoms with van der Waals surface area (Å²) >= 11 is 1.34. The van der Waals surface area contributed by atoms with Crippen LogP contribution in [0.3, 0.4) is 0 Å². The summed E-state index contributed by atoms with van der Waals surface area (Å²) in [7, 11) is 1.54. The molecule has 1 aliphatic rings. The van der Waals surface area contributed by atoms with E-state index in [1.165, 1.54) is 18.8 Å². The van der Waals surface area contributed by atoms with E-state index in [2.05, 4.69) is 36.4 Å². The second-order valence-electron chi connectivity index (χ2n) is 6.39. The highest BCUT2D eigenvalue weighted by atomic mass is 32.2. The second-order valence-corrected chi connectivity index (χ2v) is 7.34. The lowest BCUT2D eigenvalue weighted by Crippen LogP contribution is -2.36. The van der Waals surface area contributed by atoms with E-state index >= 15 is 0 Å². The first-order valence-electron chi connectivity index (χ1n) is 8.79. The molecule has 2 amide bonds. The Morgan fingerprint density at radius 2 is 2.07 bits per heavy atom. The fourth-order valence-electron chi connectivity index (χ4n) is 2.93. The summed E-state index contributed by atoms with van der Waals surface area (Å²) in [5, 5.41) is 15.6. The van der Waals surface area contributed by atoms with Crippen LogP contribution in [-0.4, -0.2) is 50.9 Å². The van der Waals surface area contributed by atoms with Crippen molar-refractivity contribution in [1.82, 2.24) is 30.4 Å². The largest absolute Gasteiger partial charge is 0.360 e. The monoisotopic (exact) mass is 384 g/mol. The molecule has 140 valence electrons. The number of rotatable bonds is 7. The third-order valence-electron chi connectivity index (χ3n) is 4.46. The van der Waals surface area contributed by atoms with Gasteiger partial charge in [0.15, 0.2) is 11.0 Å². The maximum absolute atomic E-state index is 12.0. The third-order valence-corrected chi connectivity index (χ3v) is 5.41. The molecule has 0 bridgehead atoms. The van der Waals surface area contributed by atoms with Crippen molar-refractivity contribution in [1.29, 1.82) is 0 Å². The Bertz CT molecular complexity index is 991. The fourth-order valence-corrected chi connectivity index (χ4v) is 3.76. The Kier molecular flexibility index (Phi) is 4.85. The standard InChI is InChI=1S/C18H20N6O2S/c1-19-15(25)9-21-16(26)10-27-18-23-22-17(24(18)11-6-7-11)13-8-20-14-5-3-2-4-12(13)14/h2-5,8,11,20H,6-7,9-10H2,1H3,(H,19,25)(H,21,26). The minimum Gasteiger partial charge on any atom is -0.360 e. The number of aromatic amines is 1. The summed E-state index contributed by atoms with van der Waals surface area (Å²) < 4.78 is 2.13. The average molecular weight is 384 g/mol. The average Bonchev–Trinajstić information content (AvgIpc) is 3.30. The molecule has 2 aromatic heterocycles. The molecule has 2 heterocycles. The van der Waals surface area contributed by atoms with Crippen molar-refractivity contribution < 1.29 is 9.59 Å². The van der Waals surface area contributed by atoms with Gasteiger partial charge in [0.1, 0.15) is 0 Å². The molecule has 3 N–H and O–H groups in total. The Morgan fingerprint density at radius 1 is 1.26 bits per heavy atom. The fraction of sp³-hybridized carbons (Fsp3) is 0.333. The first kappa shape index (κ1) is 17.6. The molecule has 3 aromatic rings. The van der Waals surface area contributed by atoms with Crippen LogP contribution in [0, 0.1) is 0 Å². The number of nitrogens with one attached hydrogen (secondary N) is 3. The third kappa shape index (κ3) is 3.68. The zero-order chi connectivity index (χ0) is 18.8. The van der Waals surface area contributed by atoms with Crippen LogP contribution >= 0.6 is 11.8 Å². The number of hydrogen-bond acceptors (Lipinski definition) is 5. The van der Waals surface area contributed by atoms with Gasteiger partial charge in [0.05, 0.1) is 12.3 Å². The van der Waals surface area contributed by atoms with Crippen LogP contribution in [0.5, 0.6) is 0 Å². The molecule has 0 saturated heterocycles. The molecule has 0 spiro atoms. The minimum atomic E-state index is -0.226. The number of aromatic nitrogens is 4. The van der Waals surface area contributed by atoms with Crippen LogP contribution in [0.1, 0.15) is 18.9 Å². The van der Waals surface area contributed by atoms with Gasteiger partial charge in [-0.25, -0.2) is 0 Å². The van der Waals surface area contributed by atoms with Crippen molar-refractivity contribution in [2.75, 3.05) is 19.3 Å². The van der Waals surface area contributed by atoms with Crippen molar-refractivity contribution >= 4 is 34.5 Å². The maximum Gasteiger partial charge on any atom is 0.239 e. The van der Waals surface area contributed by atoms with Crippen molar-refractivity contribution in [3.8, 4) is 11.4 Å². The second kappa shape index (κ2) is 7.43. The lowest BCUT2D eigenvalue weighted by atomic mass is 10.1. The van der Waals surface area contributed by atoms with Crippen molar-refractivity contribution in [2.24, 2.45) is 0 Å². The first-order chi connectivity index (χ1) is 13.2. The van der Waals surface area contributed by atoms with E-state index in [-0.39, 0.29) is 24.1 Å². The number of H-pyrrole nitrogens is 1. The predicted molar refractivity (Wildman–Crippen MR) is 103 cm³/mol. The van der Waals surface area contributed by atoms with E-state index in [9.17, 15) is 9.59 Å². The van der Waals surface area contributed by atoms with Gasteiger partial charge >= 0.3 is 0 Å². The van der Waals surface area contributed by atoms with Gasteiger partial charge in [-0.1, -0.05) is 30.0 Å². The molecular weight excluding hydrogens is 364 g/mol. The molecular formula is C18H20N6O2S. The molecule has 8 nitrogen and oxygen atoms in total. The molecule has 0 unspecified atom stereocenters. The van der Waals surface area contributed by atoms with E-state index < -0.39 is 0 Å². The number of nitrogens with zero attached hydrogens (tertiary/aromatic N) is 3. The number of fused-ring (bicyclic) bond motifs is 1. The van der Waals surface area contributed by atoms with Crippen molar-refractivity contribution in [3.05, 3.63) is 30.5 Å². The van der Waals surface area contributed by atoms with Crippen LogP contribution in [0.25, 0.3) is 22.3 Å². The van der Waals surface area contributed by atoms with Gasteiger partial charge in [-0.2, -0.15) is 0 Å². The van der Waals surface area contributed by atoms with E-state index in [1.54, 1.807) is 0 Å². The summed E-state index contributed by atoms with van der Waals surface area (Å²) in [6.07, 6.45) is 4.13. The minimum absolute atomic E-state index is 0.0220. The van der Waals surface area contributed by atoms with E-state index in [1.807, 2.05) is 24.4 Å². The number of thioether (sulfide) groups is 1. The number of benzene rings is 1. The highest BCUT2D eigenvalue weighted by molar-refractivity contribution is 7.99. The normalized spacial score (nSPS) is 13.7. The van der Waals surface area contributed by atoms with Gasteiger partial charge in [-0.05, 0) is 18.9 Å². The Hall–Kier alpha value is -2.81. The lowest BCUT2D eigenvalue weighted by molar-refractivity contribution is -0.124. The maximum atomic E-state index is 12.0. The zero-order valence-electron chi connectivity index (χ0n) is 14.9. The van der Waals surface area contributed by atoms with Crippen LogP contribution in [-0.2, 0) is 9.59 Å². The number of hydrogen-bond donors (Lipinski definition) is 3. The van der Waals surface area contributed by atoms with Crippen LogP contribution < -0.4 is 10.6 Å².